The molecule has 1 fully saturated rings. The minimum absolute atomic E-state index is 0.171. The van der Waals surface area contributed by atoms with Crippen molar-refractivity contribution in [1.82, 2.24) is 0 Å². The molecule has 0 aromatic rings. The highest BCUT2D eigenvalue weighted by Gasteiger charge is 2.40. The molecule has 1 amide bonds. The summed E-state index contributed by atoms with van der Waals surface area (Å²) in [5.41, 5.74) is 5.12. The molecule has 3 nitrogen and oxygen atoms in total. The average Bonchev–Trinajstić information content (AvgIpc) is 3.04. The third kappa shape index (κ3) is 4.11. The Hall–Kier alpha value is -0.860. The summed E-state index contributed by atoms with van der Waals surface area (Å²) in [6, 6.07) is 0. The van der Waals surface area contributed by atoms with Gasteiger partial charge in [-0.05, 0) is 18.8 Å². The van der Waals surface area contributed by atoms with Crippen molar-refractivity contribution in [1.29, 1.82) is 0 Å². The minimum atomic E-state index is -0.388. The van der Waals surface area contributed by atoms with Crippen molar-refractivity contribution in [3.63, 3.8) is 0 Å². The molecule has 1 saturated carbocycles. The van der Waals surface area contributed by atoms with E-state index < -0.39 is 0 Å². The molecule has 104 valence electrons. The summed E-state index contributed by atoms with van der Waals surface area (Å²) < 4.78 is 0. The van der Waals surface area contributed by atoms with E-state index in [0.717, 1.165) is 19.3 Å². The lowest BCUT2D eigenvalue weighted by atomic mass is 9.73. The zero-order valence-electron chi connectivity index (χ0n) is 12.2. The van der Waals surface area contributed by atoms with E-state index in [2.05, 4.69) is 0 Å². The van der Waals surface area contributed by atoms with Gasteiger partial charge in [0.15, 0.2) is 0 Å². The smallest absolute Gasteiger partial charge is 0.221 e. The van der Waals surface area contributed by atoms with Crippen LogP contribution in [0.5, 0.6) is 0 Å². The lowest BCUT2D eigenvalue weighted by Gasteiger charge is -2.29. The van der Waals surface area contributed by atoms with Gasteiger partial charge in [0.2, 0.25) is 5.91 Å². The van der Waals surface area contributed by atoms with Crippen LogP contribution in [0.15, 0.2) is 0 Å². The van der Waals surface area contributed by atoms with Crippen LogP contribution in [0, 0.1) is 23.2 Å². The van der Waals surface area contributed by atoms with Crippen LogP contribution in [0.2, 0.25) is 0 Å². The summed E-state index contributed by atoms with van der Waals surface area (Å²) in [5, 5.41) is 0. The van der Waals surface area contributed by atoms with E-state index in [0.29, 0.717) is 5.92 Å². The summed E-state index contributed by atoms with van der Waals surface area (Å²) in [7, 11) is 0. The van der Waals surface area contributed by atoms with E-state index in [1.807, 2.05) is 27.7 Å². The van der Waals surface area contributed by atoms with Gasteiger partial charge in [-0.2, -0.15) is 0 Å². The van der Waals surface area contributed by atoms with Crippen LogP contribution in [0.4, 0.5) is 0 Å². The molecule has 1 rings (SSSR count). The molecule has 0 bridgehead atoms. The Kier molecular flexibility index (Phi) is 4.94. The highest BCUT2D eigenvalue weighted by atomic mass is 16.1. The van der Waals surface area contributed by atoms with Gasteiger partial charge in [-0.1, -0.05) is 47.0 Å². The van der Waals surface area contributed by atoms with E-state index in [9.17, 15) is 9.59 Å². The third-order valence-corrected chi connectivity index (χ3v) is 3.81. The Bertz CT molecular complexity index is 313. The first-order valence-electron chi connectivity index (χ1n) is 7.11. The number of Topliss-reactive ketones (excluding diaryl/α,β-unsaturated/α-hetero) is 1. The van der Waals surface area contributed by atoms with Gasteiger partial charge in [0, 0.05) is 17.3 Å². The predicted molar refractivity (Wildman–Crippen MR) is 72.9 cm³/mol. The van der Waals surface area contributed by atoms with Crippen molar-refractivity contribution in [2.24, 2.45) is 28.9 Å². The molecule has 2 N–H and O–H groups in total. The Balaban J connectivity index is 2.86. The van der Waals surface area contributed by atoms with Crippen molar-refractivity contribution < 1.29 is 9.59 Å². The van der Waals surface area contributed by atoms with Crippen molar-refractivity contribution in [3.05, 3.63) is 0 Å². The molecular formula is C15H27NO2. The molecule has 2 atom stereocenters. The molecule has 18 heavy (non-hydrogen) atoms. The van der Waals surface area contributed by atoms with E-state index in [1.54, 1.807) is 0 Å². The molecule has 0 heterocycles. The molecule has 1 aliphatic carbocycles. The maximum atomic E-state index is 12.5. The Morgan fingerprint density at radius 3 is 2.11 bits per heavy atom. The van der Waals surface area contributed by atoms with Gasteiger partial charge in [0.25, 0.3) is 0 Å². The van der Waals surface area contributed by atoms with Crippen LogP contribution >= 0.6 is 0 Å². The SMILES string of the molecule is CCC[C@H](C(N)=O)[C@@H](CC1CC1)C(=O)C(C)(C)C. The number of carbonyl (C=O) groups is 2. The maximum absolute atomic E-state index is 12.5. The van der Waals surface area contributed by atoms with Gasteiger partial charge in [0.1, 0.15) is 5.78 Å². The number of amides is 1. The van der Waals surface area contributed by atoms with E-state index >= 15 is 0 Å². The van der Waals surface area contributed by atoms with Gasteiger partial charge in [-0.3, -0.25) is 9.59 Å². The third-order valence-electron chi connectivity index (χ3n) is 3.81. The summed E-state index contributed by atoms with van der Waals surface area (Å²) in [5.74, 6) is 0.0871. The standard InChI is InChI=1S/C15H27NO2/c1-5-6-11(14(16)18)12(9-10-7-8-10)13(17)15(2,3)4/h10-12H,5-9H2,1-4H3,(H2,16,18)/t11-,12+/m0/s1. The van der Waals surface area contributed by atoms with Gasteiger partial charge in [-0.25, -0.2) is 0 Å². The zero-order valence-corrected chi connectivity index (χ0v) is 12.2. The fourth-order valence-corrected chi connectivity index (χ4v) is 2.58. The van der Waals surface area contributed by atoms with E-state index in [4.69, 9.17) is 5.73 Å². The van der Waals surface area contributed by atoms with Crippen LogP contribution in [-0.4, -0.2) is 11.7 Å². The summed E-state index contributed by atoms with van der Waals surface area (Å²) in [4.78, 5) is 24.2. The first-order chi connectivity index (χ1) is 8.27. The fourth-order valence-electron chi connectivity index (χ4n) is 2.58. The number of hydrogen-bond donors (Lipinski definition) is 1. The highest BCUT2D eigenvalue weighted by Crippen LogP contribution is 2.40. The monoisotopic (exact) mass is 253 g/mol. The van der Waals surface area contributed by atoms with Gasteiger partial charge in [-0.15, -0.1) is 0 Å². The lowest BCUT2D eigenvalue weighted by Crippen LogP contribution is -2.39. The minimum Gasteiger partial charge on any atom is -0.369 e. The Morgan fingerprint density at radius 2 is 1.78 bits per heavy atom. The van der Waals surface area contributed by atoms with Crippen LogP contribution in [0.25, 0.3) is 0 Å². The van der Waals surface area contributed by atoms with Crippen molar-refractivity contribution >= 4 is 11.7 Å². The number of rotatable bonds is 7. The van der Waals surface area contributed by atoms with Gasteiger partial charge >= 0.3 is 0 Å². The molecule has 0 aromatic carbocycles. The summed E-state index contributed by atoms with van der Waals surface area (Å²) in [6.45, 7) is 7.82. The Morgan fingerprint density at radius 1 is 1.22 bits per heavy atom. The quantitative estimate of drug-likeness (QED) is 0.758. The normalized spacial score (nSPS) is 19.3. The van der Waals surface area contributed by atoms with Crippen molar-refractivity contribution in [3.8, 4) is 0 Å². The summed E-state index contributed by atoms with van der Waals surface area (Å²) in [6.07, 6.45) is 4.88. The lowest BCUT2D eigenvalue weighted by molar-refractivity contribution is -0.137. The van der Waals surface area contributed by atoms with Gasteiger partial charge < -0.3 is 5.73 Å². The first-order valence-corrected chi connectivity index (χ1v) is 7.11. The van der Waals surface area contributed by atoms with Crippen LogP contribution in [0.3, 0.4) is 0 Å². The number of primary amides is 1. The molecule has 0 unspecified atom stereocenters. The first kappa shape index (κ1) is 15.2. The molecule has 0 aliphatic heterocycles. The number of nitrogens with two attached hydrogens (primary N) is 1. The van der Waals surface area contributed by atoms with Crippen LogP contribution in [-0.2, 0) is 9.59 Å². The molecule has 3 heteroatoms. The molecule has 0 spiro atoms. The fraction of sp³-hybridized carbons (Fsp3) is 0.867. The topological polar surface area (TPSA) is 60.2 Å². The van der Waals surface area contributed by atoms with E-state index in [-0.39, 0.29) is 28.9 Å². The number of hydrogen-bond acceptors (Lipinski definition) is 2. The molecule has 0 radical (unpaired) electrons. The van der Waals surface area contributed by atoms with Crippen molar-refractivity contribution in [2.45, 2.75) is 59.8 Å². The molecule has 1 aliphatic rings. The molecule has 0 aromatic heterocycles. The molecular weight excluding hydrogens is 226 g/mol. The zero-order chi connectivity index (χ0) is 13.9. The predicted octanol–water partition coefficient (Wildman–Crippen LogP) is 2.92. The maximum Gasteiger partial charge on any atom is 0.221 e. The highest BCUT2D eigenvalue weighted by molar-refractivity contribution is 5.91. The second-order valence-corrected chi connectivity index (χ2v) is 6.70. The van der Waals surface area contributed by atoms with E-state index in [1.165, 1.54) is 12.8 Å². The summed E-state index contributed by atoms with van der Waals surface area (Å²) >= 11 is 0. The number of ketones is 1. The number of carbonyl (C=O) groups excluding carboxylic acids is 2. The largest absolute Gasteiger partial charge is 0.369 e. The average molecular weight is 253 g/mol. The van der Waals surface area contributed by atoms with Crippen LogP contribution in [0.1, 0.15) is 59.8 Å². The van der Waals surface area contributed by atoms with Gasteiger partial charge in [0.05, 0.1) is 0 Å². The van der Waals surface area contributed by atoms with Crippen molar-refractivity contribution in [2.75, 3.05) is 0 Å². The second-order valence-electron chi connectivity index (χ2n) is 6.70. The van der Waals surface area contributed by atoms with Crippen LogP contribution < -0.4 is 5.73 Å². The Labute approximate surface area is 111 Å². The molecule has 0 saturated heterocycles. The second kappa shape index (κ2) is 5.85.